The van der Waals surface area contributed by atoms with E-state index >= 15 is 0 Å². The summed E-state index contributed by atoms with van der Waals surface area (Å²) in [4.78, 5) is 17.7. The van der Waals surface area contributed by atoms with Crippen LogP contribution < -0.4 is 14.8 Å². The molecule has 1 amide bonds. The molecule has 2 heterocycles. The van der Waals surface area contributed by atoms with Gasteiger partial charge < -0.3 is 19.7 Å². The van der Waals surface area contributed by atoms with Crippen molar-refractivity contribution in [2.45, 2.75) is 26.2 Å². The summed E-state index contributed by atoms with van der Waals surface area (Å²) in [5.74, 6) is 0.859. The van der Waals surface area contributed by atoms with Gasteiger partial charge in [0.25, 0.3) is 5.88 Å². The topological polar surface area (TPSA) is 63.7 Å². The molecule has 6 heteroatoms. The molecule has 1 aliphatic rings. The highest BCUT2D eigenvalue weighted by Crippen LogP contribution is 2.27. The number of pyridine rings is 1. The van der Waals surface area contributed by atoms with Crippen molar-refractivity contribution in [2.24, 2.45) is 0 Å². The number of anilines is 1. The lowest BCUT2D eigenvalue weighted by Crippen LogP contribution is -2.22. The molecule has 6 nitrogen and oxygen atoms in total. The van der Waals surface area contributed by atoms with Crippen LogP contribution in [0.2, 0.25) is 0 Å². The fraction of sp³-hybridized carbons (Fsp3) is 0.600. The second kappa shape index (κ2) is 7.83. The summed E-state index contributed by atoms with van der Waals surface area (Å²) >= 11 is 0. The second-order valence-corrected chi connectivity index (χ2v) is 5.16. The predicted molar refractivity (Wildman–Crippen MR) is 80.9 cm³/mol. The molecule has 0 atom stereocenters. The van der Waals surface area contributed by atoms with Crippen LogP contribution in [0.3, 0.4) is 0 Å². The lowest BCUT2D eigenvalue weighted by atomic mass is 10.3. The van der Waals surface area contributed by atoms with Gasteiger partial charge in [0, 0.05) is 19.5 Å². The Morgan fingerprint density at radius 2 is 2.19 bits per heavy atom. The van der Waals surface area contributed by atoms with E-state index in [9.17, 15) is 4.79 Å². The van der Waals surface area contributed by atoms with Crippen LogP contribution in [0.25, 0.3) is 0 Å². The minimum atomic E-state index is -0.137. The zero-order valence-corrected chi connectivity index (χ0v) is 12.7. The van der Waals surface area contributed by atoms with Crippen molar-refractivity contribution >= 4 is 11.6 Å². The van der Waals surface area contributed by atoms with Crippen LogP contribution in [0.15, 0.2) is 12.3 Å². The molecule has 0 unspecified atom stereocenters. The van der Waals surface area contributed by atoms with E-state index in [2.05, 4.69) is 15.2 Å². The Morgan fingerprint density at radius 3 is 2.86 bits per heavy atom. The van der Waals surface area contributed by atoms with E-state index in [0.717, 1.165) is 13.0 Å². The van der Waals surface area contributed by atoms with E-state index < -0.39 is 0 Å². The molecule has 1 saturated heterocycles. The molecule has 0 aromatic carbocycles. The molecule has 0 radical (unpaired) electrons. The molecule has 0 bridgehead atoms. The fourth-order valence-electron chi connectivity index (χ4n) is 2.44. The predicted octanol–water partition coefficient (Wildman–Crippen LogP) is 1.91. The van der Waals surface area contributed by atoms with Gasteiger partial charge in [0.1, 0.15) is 0 Å². The number of aromatic nitrogens is 1. The Bertz CT molecular complexity index is 473. The minimum absolute atomic E-state index is 0.137. The summed E-state index contributed by atoms with van der Waals surface area (Å²) < 4.78 is 10.9. The fourth-order valence-corrected chi connectivity index (χ4v) is 2.44. The lowest BCUT2D eigenvalue weighted by Gasteiger charge is -2.15. The largest absolute Gasteiger partial charge is 0.488 e. The van der Waals surface area contributed by atoms with Gasteiger partial charge in [0.15, 0.2) is 5.75 Å². The van der Waals surface area contributed by atoms with E-state index in [1.165, 1.54) is 32.9 Å². The van der Waals surface area contributed by atoms with Gasteiger partial charge in [-0.05, 0) is 32.4 Å². The number of carbonyl (C=O) groups excluding carboxylic acids is 1. The first kappa shape index (κ1) is 15.6. The van der Waals surface area contributed by atoms with Crippen molar-refractivity contribution in [3.63, 3.8) is 0 Å². The SMILES string of the molecule is COc1ncc(NC(C)=O)cc1OCCCN1CCCC1. The quantitative estimate of drug-likeness (QED) is 0.778. The molecule has 116 valence electrons. The average molecular weight is 293 g/mol. The zero-order valence-electron chi connectivity index (χ0n) is 12.7. The van der Waals surface area contributed by atoms with Crippen molar-refractivity contribution in [1.29, 1.82) is 0 Å². The number of methoxy groups -OCH3 is 1. The van der Waals surface area contributed by atoms with Crippen molar-refractivity contribution in [2.75, 3.05) is 38.7 Å². The highest BCUT2D eigenvalue weighted by Gasteiger charge is 2.12. The summed E-state index contributed by atoms with van der Waals surface area (Å²) in [5, 5.41) is 2.69. The highest BCUT2D eigenvalue weighted by atomic mass is 16.5. The maximum absolute atomic E-state index is 11.1. The van der Waals surface area contributed by atoms with E-state index in [-0.39, 0.29) is 5.91 Å². The van der Waals surface area contributed by atoms with Crippen LogP contribution in [0.1, 0.15) is 26.2 Å². The van der Waals surface area contributed by atoms with E-state index in [0.29, 0.717) is 23.9 Å². The number of hydrogen-bond donors (Lipinski definition) is 1. The Hall–Kier alpha value is -1.82. The van der Waals surface area contributed by atoms with Gasteiger partial charge in [-0.3, -0.25) is 4.79 Å². The molecular weight excluding hydrogens is 270 g/mol. The second-order valence-electron chi connectivity index (χ2n) is 5.16. The molecule has 1 aromatic rings. The molecule has 0 spiro atoms. The maximum atomic E-state index is 11.1. The van der Waals surface area contributed by atoms with Crippen molar-refractivity contribution < 1.29 is 14.3 Å². The number of ether oxygens (including phenoxy) is 2. The van der Waals surface area contributed by atoms with Crippen LogP contribution in [0.5, 0.6) is 11.6 Å². The molecule has 1 N–H and O–H groups in total. The molecule has 1 aromatic heterocycles. The minimum Gasteiger partial charge on any atom is -0.488 e. The van der Waals surface area contributed by atoms with E-state index in [1.807, 2.05) is 0 Å². The molecule has 0 aliphatic carbocycles. The lowest BCUT2D eigenvalue weighted by molar-refractivity contribution is -0.114. The van der Waals surface area contributed by atoms with Crippen LogP contribution in [0.4, 0.5) is 5.69 Å². The monoisotopic (exact) mass is 293 g/mol. The van der Waals surface area contributed by atoms with Crippen LogP contribution >= 0.6 is 0 Å². The van der Waals surface area contributed by atoms with Gasteiger partial charge in [-0.2, -0.15) is 0 Å². The normalized spacial score (nSPS) is 15.0. The number of rotatable bonds is 7. The third-order valence-electron chi connectivity index (χ3n) is 3.41. The van der Waals surface area contributed by atoms with Gasteiger partial charge in [0.05, 0.1) is 25.6 Å². The summed E-state index contributed by atoms with van der Waals surface area (Å²) in [6.45, 7) is 5.52. The number of amides is 1. The number of hydrogen-bond acceptors (Lipinski definition) is 5. The summed E-state index contributed by atoms with van der Waals surface area (Å²) in [7, 11) is 1.55. The number of carbonyl (C=O) groups is 1. The smallest absolute Gasteiger partial charge is 0.256 e. The van der Waals surface area contributed by atoms with Gasteiger partial charge in [-0.25, -0.2) is 4.98 Å². The molecule has 21 heavy (non-hydrogen) atoms. The molecule has 1 aliphatic heterocycles. The van der Waals surface area contributed by atoms with E-state index in [1.54, 1.807) is 19.4 Å². The van der Waals surface area contributed by atoms with Crippen molar-refractivity contribution in [1.82, 2.24) is 9.88 Å². The first-order valence-corrected chi connectivity index (χ1v) is 7.36. The molecule has 2 rings (SSSR count). The first-order chi connectivity index (χ1) is 10.2. The third kappa shape index (κ3) is 4.90. The summed E-state index contributed by atoms with van der Waals surface area (Å²) in [6, 6.07) is 1.74. The number of likely N-dealkylation sites (tertiary alicyclic amines) is 1. The summed E-state index contributed by atoms with van der Waals surface area (Å²) in [6.07, 6.45) is 5.12. The molecular formula is C15H23N3O3. The maximum Gasteiger partial charge on any atom is 0.256 e. The first-order valence-electron chi connectivity index (χ1n) is 7.36. The molecule has 0 saturated carbocycles. The van der Waals surface area contributed by atoms with Crippen molar-refractivity contribution in [3.05, 3.63) is 12.3 Å². The van der Waals surface area contributed by atoms with Gasteiger partial charge in [-0.15, -0.1) is 0 Å². The van der Waals surface area contributed by atoms with E-state index in [4.69, 9.17) is 9.47 Å². The van der Waals surface area contributed by atoms with Gasteiger partial charge in [-0.1, -0.05) is 0 Å². The Balaban J connectivity index is 1.85. The number of nitrogens with zero attached hydrogens (tertiary/aromatic N) is 2. The standard InChI is InChI=1S/C15H23N3O3/c1-12(19)17-13-10-14(15(20-2)16-11-13)21-9-5-8-18-6-3-4-7-18/h10-11H,3-9H2,1-2H3,(H,17,19). The average Bonchev–Trinajstić information content (AvgIpc) is 2.96. The van der Waals surface area contributed by atoms with Crippen LogP contribution in [0, 0.1) is 0 Å². The zero-order chi connectivity index (χ0) is 15.1. The number of nitrogens with one attached hydrogen (secondary N) is 1. The Kier molecular flexibility index (Phi) is 5.80. The van der Waals surface area contributed by atoms with Gasteiger partial charge >= 0.3 is 0 Å². The van der Waals surface area contributed by atoms with Crippen LogP contribution in [-0.4, -0.2) is 49.1 Å². The Labute approximate surface area is 125 Å². The van der Waals surface area contributed by atoms with Crippen molar-refractivity contribution in [3.8, 4) is 11.6 Å². The highest BCUT2D eigenvalue weighted by molar-refractivity contribution is 5.88. The van der Waals surface area contributed by atoms with Gasteiger partial charge in [0.2, 0.25) is 5.91 Å². The molecule has 1 fully saturated rings. The van der Waals surface area contributed by atoms with Crippen LogP contribution in [-0.2, 0) is 4.79 Å². The summed E-state index contributed by atoms with van der Waals surface area (Å²) in [5.41, 5.74) is 0.609. The third-order valence-corrected chi connectivity index (χ3v) is 3.41. The Morgan fingerprint density at radius 1 is 1.43 bits per heavy atom.